The van der Waals surface area contributed by atoms with Gasteiger partial charge in [0, 0.05) is 12.6 Å². The van der Waals surface area contributed by atoms with E-state index in [1.54, 1.807) is 12.1 Å². The van der Waals surface area contributed by atoms with Crippen LogP contribution < -0.4 is 11.3 Å². The molecule has 0 spiro atoms. The summed E-state index contributed by atoms with van der Waals surface area (Å²) in [4.78, 5) is 2.05. The maximum Gasteiger partial charge on any atom is 0.123 e. The van der Waals surface area contributed by atoms with Gasteiger partial charge >= 0.3 is 0 Å². The molecular weight excluding hydrogens is 193 g/mol. The molecule has 0 aliphatic rings. The highest BCUT2D eigenvalue weighted by molar-refractivity contribution is 5.17. The Labute approximate surface area is 90.0 Å². The zero-order valence-corrected chi connectivity index (χ0v) is 9.20. The molecule has 1 atom stereocenters. The maximum absolute atomic E-state index is 12.9. The van der Waals surface area contributed by atoms with E-state index in [0.29, 0.717) is 0 Å². The summed E-state index contributed by atoms with van der Waals surface area (Å²) in [7, 11) is 3.96. The zero-order valence-electron chi connectivity index (χ0n) is 9.20. The van der Waals surface area contributed by atoms with Gasteiger partial charge in [-0.05, 0) is 38.2 Å². The number of hydrazine groups is 1. The third kappa shape index (κ3) is 4.38. The number of hydrogen-bond donors (Lipinski definition) is 2. The summed E-state index contributed by atoms with van der Waals surface area (Å²) in [6.45, 7) is 0.826. The third-order valence-corrected chi connectivity index (χ3v) is 2.19. The third-order valence-electron chi connectivity index (χ3n) is 2.19. The number of halogens is 1. The number of hydrogen-bond acceptors (Lipinski definition) is 3. The van der Waals surface area contributed by atoms with Crippen molar-refractivity contribution in [2.24, 2.45) is 5.84 Å². The average Bonchev–Trinajstić information content (AvgIpc) is 2.16. The largest absolute Gasteiger partial charge is 0.308 e. The first-order valence-corrected chi connectivity index (χ1v) is 4.97. The maximum atomic E-state index is 12.9. The number of nitrogens with one attached hydrogen (secondary N) is 1. The first-order valence-electron chi connectivity index (χ1n) is 4.97. The van der Waals surface area contributed by atoms with Crippen LogP contribution in [0.15, 0.2) is 24.3 Å². The predicted octanol–water partition coefficient (Wildman–Crippen LogP) is 0.762. The van der Waals surface area contributed by atoms with E-state index in [-0.39, 0.29) is 11.9 Å². The van der Waals surface area contributed by atoms with Gasteiger partial charge in [-0.1, -0.05) is 12.1 Å². The average molecular weight is 211 g/mol. The second-order valence-electron chi connectivity index (χ2n) is 3.96. The lowest BCUT2D eigenvalue weighted by molar-refractivity contribution is 0.338. The summed E-state index contributed by atoms with van der Waals surface area (Å²) < 4.78 is 12.9. The molecule has 0 bridgehead atoms. The predicted molar refractivity (Wildman–Crippen MR) is 59.8 cm³/mol. The molecule has 1 aromatic rings. The van der Waals surface area contributed by atoms with Crippen molar-refractivity contribution < 1.29 is 4.39 Å². The molecule has 0 aromatic heterocycles. The topological polar surface area (TPSA) is 41.3 Å². The molecule has 1 aromatic carbocycles. The molecule has 4 heteroatoms. The van der Waals surface area contributed by atoms with Gasteiger partial charge in [0.25, 0.3) is 0 Å². The van der Waals surface area contributed by atoms with Crippen molar-refractivity contribution in [3.63, 3.8) is 0 Å². The number of benzene rings is 1. The normalized spacial score (nSPS) is 13.1. The fraction of sp³-hybridized carbons (Fsp3) is 0.455. The second-order valence-corrected chi connectivity index (χ2v) is 3.96. The van der Waals surface area contributed by atoms with E-state index >= 15 is 0 Å². The lowest BCUT2D eigenvalue weighted by Crippen LogP contribution is -2.43. The Morgan fingerprint density at radius 1 is 1.47 bits per heavy atom. The molecule has 1 rings (SSSR count). The minimum absolute atomic E-state index is 0.141. The Morgan fingerprint density at radius 2 is 2.20 bits per heavy atom. The number of likely N-dealkylation sites (N-methyl/N-ethyl adjacent to an activating group) is 1. The van der Waals surface area contributed by atoms with Gasteiger partial charge in [0.1, 0.15) is 5.82 Å². The van der Waals surface area contributed by atoms with Crippen LogP contribution >= 0.6 is 0 Å². The fourth-order valence-corrected chi connectivity index (χ4v) is 1.57. The highest BCUT2D eigenvalue weighted by atomic mass is 19.1. The lowest BCUT2D eigenvalue weighted by atomic mass is 10.1. The van der Waals surface area contributed by atoms with Gasteiger partial charge in [-0.25, -0.2) is 4.39 Å². The summed E-state index contributed by atoms with van der Waals surface area (Å²) in [6.07, 6.45) is 0.729. The SMILES string of the molecule is CN(C)CC(Cc1cccc(F)c1)NN. The van der Waals surface area contributed by atoms with Crippen LogP contribution in [0.2, 0.25) is 0 Å². The fourth-order valence-electron chi connectivity index (χ4n) is 1.57. The van der Waals surface area contributed by atoms with Crippen LogP contribution in [0.1, 0.15) is 5.56 Å². The monoisotopic (exact) mass is 211 g/mol. The van der Waals surface area contributed by atoms with E-state index in [0.717, 1.165) is 18.5 Å². The Balaban J connectivity index is 2.58. The molecule has 0 aliphatic carbocycles. The molecule has 0 saturated carbocycles. The van der Waals surface area contributed by atoms with Crippen molar-refractivity contribution in [2.45, 2.75) is 12.5 Å². The van der Waals surface area contributed by atoms with Gasteiger partial charge in [-0.3, -0.25) is 11.3 Å². The van der Waals surface area contributed by atoms with E-state index in [1.165, 1.54) is 6.07 Å². The Morgan fingerprint density at radius 3 is 2.73 bits per heavy atom. The van der Waals surface area contributed by atoms with Crippen LogP contribution in [0.5, 0.6) is 0 Å². The Kier molecular flexibility index (Phi) is 4.68. The standard InChI is InChI=1S/C11H18FN3/c1-15(2)8-11(14-13)7-9-4-3-5-10(12)6-9/h3-6,11,14H,7-8,13H2,1-2H3. The molecule has 0 heterocycles. The summed E-state index contributed by atoms with van der Waals surface area (Å²) >= 11 is 0. The summed E-state index contributed by atoms with van der Waals surface area (Å²) in [5.41, 5.74) is 3.70. The number of nitrogens with two attached hydrogens (primary N) is 1. The highest BCUT2D eigenvalue weighted by Gasteiger charge is 2.08. The van der Waals surface area contributed by atoms with Crippen molar-refractivity contribution in [1.82, 2.24) is 10.3 Å². The Hall–Kier alpha value is -0.970. The Bertz CT molecular complexity index is 302. The van der Waals surface area contributed by atoms with E-state index in [9.17, 15) is 4.39 Å². The van der Waals surface area contributed by atoms with Crippen molar-refractivity contribution in [3.05, 3.63) is 35.6 Å². The van der Waals surface area contributed by atoms with E-state index in [2.05, 4.69) is 5.43 Å². The molecule has 1 unspecified atom stereocenters. The van der Waals surface area contributed by atoms with Gasteiger partial charge < -0.3 is 4.90 Å². The zero-order chi connectivity index (χ0) is 11.3. The molecule has 15 heavy (non-hydrogen) atoms. The van der Waals surface area contributed by atoms with Crippen LogP contribution in [0.25, 0.3) is 0 Å². The number of rotatable bonds is 5. The lowest BCUT2D eigenvalue weighted by Gasteiger charge is -2.20. The van der Waals surface area contributed by atoms with E-state index in [4.69, 9.17) is 5.84 Å². The quantitative estimate of drug-likeness (QED) is 0.558. The number of nitrogens with zero attached hydrogens (tertiary/aromatic N) is 1. The minimum Gasteiger partial charge on any atom is -0.308 e. The van der Waals surface area contributed by atoms with E-state index in [1.807, 2.05) is 25.1 Å². The van der Waals surface area contributed by atoms with Gasteiger partial charge in [0.15, 0.2) is 0 Å². The molecule has 0 fully saturated rings. The first kappa shape index (κ1) is 12.1. The van der Waals surface area contributed by atoms with Crippen LogP contribution in [0.3, 0.4) is 0 Å². The van der Waals surface area contributed by atoms with Crippen molar-refractivity contribution >= 4 is 0 Å². The van der Waals surface area contributed by atoms with Crippen molar-refractivity contribution in [3.8, 4) is 0 Å². The van der Waals surface area contributed by atoms with Crippen molar-refractivity contribution in [2.75, 3.05) is 20.6 Å². The minimum atomic E-state index is -0.201. The summed E-state index contributed by atoms with van der Waals surface area (Å²) in [5, 5.41) is 0. The van der Waals surface area contributed by atoms with Crippen LogP contribution in [-0.4, -0.2) is 31.6 Å². The second kappa shape index (κ2) is 5.80. The molecule has 0 amide bonds. The molecule has 0 aliphatic heterocycles. The molecule has 84 valence electrons. The van der Waals surface area contributed by atoms with Crippen LogP contribution in [-0.2, 0) is 6.42 Å². The van der Waals surface area contributed by atoms with E-state index < -0.39 is 0 Å². The molecule has 0 radical (unpaired) electrons. The van der Waals surface area contributed by atoms with Gasteiger partial charge in [0.05, 0.1) is 0 Å². The molecule has 0 saturated heterocycles. The smallest absolute Gasteiger partial charge is 0.123 e. The summed E-state index contributed by atoms with van der Waals surface area (Å²) in [5.74, 6) is 5.24. The first-order chi connectivity index (χ1) is 7.11. The molecular formula is C11H18FN3. The van der Waals surface area contributed by atoms with Gasteiger partial charge in [0.2, 0.25) is 0 Å². The van der Waals surface area contributed by atoms with Crippen LogP contribution in [0.4, 0.5) is 4.39 Å². The van der Waals surface area contributed by atoms with Crippen molar-refractivity contribution in [1.29, 1.82) is 0 Å². The molecule has 3 N–H and O–H groups in total. The van der Waals surface area contributed by atoms with Crippen LogP contribution in [0, 0.1) is 5.82 Å². The highest BCUT2D eigenvalue weighted by Crippen LogP contribution is 2.06. The van der Waals surface area contributed by atoms with Gasteiger partial charge in [-0.15, -0.1) is 0 Å². The van der Waals surface area contributed by atoms with Gasteiger partial charge in [-0.2, -0.15) is 0 Å². The summed E-state index contributed by atoms with van der Waals surface area (Å²) in [6, 6.07) is 6.75. The molecule has 3 nitrogen and oxygen atoms in total.